The van der Waals surface area contributed by atoms with E-state index in [-0.39, 0.29) is 0 Å². The van der Waals surface area contributed by atoms with E-state index in [2.05, 4.69) is 27.4 Å². The number of guanidine groups is 1. The van der Waals surface area contributed by atoms with Gasteiger partial charge in [0.1, 0.15) is 0 Å². The maximum atomic E-state index is 5.33. The van der Waals surface area contributed by atoms with E-state index in [0.29, 0.717) is 0 Å². The first-order chi connectivity index (χ1) is 10.8. The number of nitrogens with zero attached hydrogens (tertiary/aromatic N) is 2. The molecule has 5 nitrogen and oxygen atoms in total. The van der Waals surface area contributed by atoms with Crippen LogP contribution in [0, 0.1) is 0 Å². The Morgan fingerprint density at radius 1 is 1.18 bits per heavy atom. The van der Waals surface area contributed by atoms with E-state index in [1.807, 2.05) is 14.0 Å². The lowest BCUT2D eigenvalue weighted by molar-refractivity contribution is 0.143. The standard InChI is InChI=1S/C17H36N4O/c1-4-22-15-8-6-11-19-17(18-3)20-12-9-14-21-13-7-5-10-16(21)2/h16H,4-15H2,1-3H3,(H2,18,19,20). The van der Waals surface area contributed by atoms with Crippen molar-refractivity contribution in [2.75, 3.05) is 46.4 Å². The molecule has 0 saturated carbocycles. The van der Waals surface area contributed by atoms with Crippen molar-refractivity contribution in [1.82, 2.24) is 15.5 Å². The van der Waals surface area contributed by atoms with Crippen molar-refractivity contribution < 1.29 is 4.74 Å². The molecule has 1 rings (SSSR count). The van der Waals surface area contributed by atoms with Crippen LogP contribution in [0.1, 0.15) is 52.4 Å². The fourth-order valence-corrected chi connectivity index (χ4v) is 2.88. The fraction of sp³-hybridized carbons (Fsp3) is 0.941. The van der Waals surface area contributed by atoms with Gasteiger partial charge in [0.2, 0.25) is 0 Å². The van der Waals surface area contributed by atoms with Gasteiger partial charge in [-0.25, -0.2) is 0 Å². The van der Waals surface area contributed by atoms with Gasteiger partial charge in [-0.1, -0.05) is 6.42 Å². The summed E-state index contributed by atoms with van der Waals surface area (Å²) in [6.07, 6.45) is 7.52. The molecule has 0 amide bonds. The maximum absolute atomic E-state index is 5.33. The summed E-state index contributed by atoms with van der Waals surface area (Å²) in [5, 5.41) is 6.77. The van der Waals surface area contributed by atoms with Gasteiger partial charge in [-0.05, 0) is 52.5 Å². The van der Waals surface area contributed by atoms with Crippen LogP contribution in [0.4, 0.5) is 0 Å². The minimum absolute atomic E-state index is 0.761. The van der Waals surface area contributed by atoms with E-state index < -0.39 is 0 Å². The summed E-state index contributed by atoms with van der Waals surface area (Å²) >= 11 is 0. The van der Waals surface area contributed by atoms with E-state index >= 15 is 0 Å². The van der Waals surface area contributed by atoms with Crippen LogP contribution < -0.4 is 10.6 Å². The van der Waals surface area contributed by atoms with Gasteiger partial charge in [-0.3, -0.25) is 4.99 Å². The summed E-state index contributed by atoms with van der Waals surface area (Å²) in [5.74, 6) is 0.920. The molecule has 1 atom stereocenters. The number of aliphatic imine (C=N–C) groups is 1. The molecule has 1 unspecified atom stereocenters. The monoisotopic (exact) mass is 312 g/mol. The van der Waals surface area contributed by atoms with E-state index in [1.165, 1.54) is 38.8 Å². The average Bonchev–Trinajstić information content (AvgIpc) is 2.54. The van der Waals surface area contributed by atoms with Crippen LogP contribution in [0.5, 0.6) is 0 Å². The van der Waals surface area contributed by atoms with Gasteiger partial charge in [0, 0.05) is 45.9 Å². The minimum Gasteiger partial charge on any atom is -0.382 e. The van der Waals surface area contributed by atoms with Crippen LogP contribution >= 0.6 is 0 Å². The van der Waals surface area contributed by atoms with Crippen molar-refractivity contribution in [2.45, 2.75) is 58.4 Å². The molecule has 0 aromatic carbocycles. The normalized spacial score (nSPS) is 20.1. The Hall–Kier alpha value is -0.810. The highest BCUT2D eigenvalue weighted by Crippen LogP contribution is 2.15. The SMILES string of the molecule is CCOCCCCNC(=NC)NCCCN1CCCCC1C. The molecule has 2 N–H and O–H groups in total. The molecular formula is C17H36N4O. The number of unbranched alkanes of at least 4 members (excludes halogenated alkanes) is 1. The largest absolute Gasteiger partial charge is 0.382 e. The predicted molar refractivity (Wildman–Crippen MR) is 94.6 cm³/mol. The van der Waals surface area contributed by atoms with Gasteiger partial charge in [0.15, 0.2) is 5.96 Å². The third kappa shape index (κ3) is 8.59. The van der Waals surface area contributed by atoms with Crippen molar-refractivity contribution in [3.8, 4) is 0 Å². The molecule has 0 spiro atoms. The number of piperidine rings is 1. The molecule has 1 fully saturated rings. The smallest absolute Gasteiger partial charge is 0.190 e. The highest BCUT2D eigenvalue weighted by molar-refractivity contribution is 5.79. The zero-order chi connectivity index (χ0) is 16.0. The Kier molecular flexibility index (Phi) is 11.1. The second-order valence-electron chi connectivity index (χ2n) is 6.06. The van der Waals surface area contributed by atoms with Crippen molar-refractivity contribution in [1.29, 1.82) is 0 Å². The molecular weight excluding hydrogens is 276 g/mol. The number of hydrogen-bond acceptors (Lipinski definition) is 3. The third-order valence-corrected chi connectivity index (χ3v) is 4.29. The second kappa shape index (κ2) is 12.7. The number of nitrogens with one attached hydrogen (secondary N) is 2. The number of hydrogen-bond donors (Lipinski definition) is 2. The first kappa shape index (κ1) is 19.2. The average molecular weight is 313 g/mol. The predicted octanol–water partition coefficient (Wildman–Crippen LogP) is 2.23. The molecule has 0 aliphatic carbocycles. The Morgan fingerprint density at radius 3 is 2.64 bits per heavy atom. The van der Waals surface area contributed by atoms with Crippen LogP contribution in [-0.2, 0) is 4.74 Å². The number of likely N-dealkylation sites (tertiary alicyclic amines) is 1. The highest BCUT2D eigenvalue weighted by Gasteiger charge is 2.16. The molecule has 0 radical (unpaired) electrons. The number of ether oxygens (including phenoxy) is 1. The number of rotatable bonds is 10. The molecule has 1 heterocycles. The Labute approximate surface area is 136 Å². The van der Waals surface area contributed by atoms with Gasteiger partial charge in [0.25, 0.3) is 0 Å². The summed E-state index contributed by atoms with van der Waals surface area (Å²) in [7, 11) is 1.84. The van der Waals surface area contributed by atoms with Crippen molar-refractivity contribution in [3.63, 3.8) is 0 Å². The lowest BCUT2D eigenvalue weighted by Crippen LogP contribution is -2.41. The molecule has 22 heavy (non-hydrogen) atoms. The summed E-state index contributed by atoms with van der Waals surface area (Å²) in [4.78, 5) is 6.89. The summed E-state index contributed by atoms with van der Waals surface area (Å²) in [6, 6.07) is 0.761. The highest BCUT2D eigenvalue weighted by atomic mass is 16.5. The van der Waals surface area contributed by atoms with Gasteiger partial charge < -0.3 is 20.3 Å². The summed E-state index contributed by atoms with van der Waals surface area (Å²) in [6.45, 7) is 10.5. The Bertz CT molecular complexity index is 296. The quantitative estimate of drug-likeness (QED) is 0.369. The molecule has 0 bridgehead atoms. The van der Waals surface area contributed by atoms with E-state index in [4.69, 9.17) is 4.74 Å². The topological polar surface area (TPSA) is 48.9 Å². The van der Waals surface area contributed by atoms with Crippen LogP contribution in [0.2, 0.25) is 0 Å². The summed E-state index contributed by atoms with van der Waals surface area (Å²) in [5.41, 5.74) is 0. The molecule has 0 aromatic rings. The first-order valence-corrected chi connectivity index (χ1v) is 9.04. The summed E-state index contributed by atoms with van der Waals surface area (Å²) < 4.78 is 5.33. The Balaban J connectivity index is 2.01. The minimum atomic E-state index is 0.761. The van der Waals surface area contributed by atoms with Gasteiger partial charge in [0.05, 0.1) is 0 Å². The lowest BCUT2D eigenvalue weighted by Gasteiger charge is -2.33. The van der Waals surface area contributed by atoms with E-state index in [9.17, 15) is 0 Å². The molecule has 0 aromatic heterocycles. The van der Waals surface area contributed by atoms with E-state index in [1.54, 1.807) is 0 Å². The maximum Gasteiger partial charge on any atom is 0.190 e. The molecule has 5 heteroatoms. The van der Waals surface area contributed by atoms with Crippen LogP contribution in [0.3, 0.4) is 0 Å². The van der Waals surface area contributed by atoms with Gasteiger partial charge in [-0.15, -0.1) is 0 Å². The lowest BCUT2D eigenvalue weighted by atomic mass is 10.0. The first-order valence-electron chi connectivity index (χ1n) is 9.04. The molecule has 1 aliphatic heterocycles. The second-order valence-corrected chi connectivity index (χ2v) is 6.06. The van der Waals surface area contributed by atoms with E-state index in [0.717, 1.165) is 51.1 Å². The van der Waals surface area contributed by atoms with Crippen molar-refractivity contribution >= 4 is 5.96 Å². The van der Waals surface area contributed by atoms with Gasteiger partial charge >= 0.3 is 0 Å². The zero-order valence-electron chi connectivity index (χ0n) is 14.9. The van der Waals surface area contributed by atoms with Crippen LogP contribution in [-0.4, -0.2) is 63.3 Å². The van der Waals surface area contributed by atoms with Crippen LogP contribution in [0.25, 0.3) is 0 Å². The van der Waals surface area contributed by atoms with Gasteiger partial charge in [-0.2, -0.15) is 0 Å². The molecule has 1 saturated heterocycles. The zero-order valence-corrected chi connectivity index (χ0v) is 14.9. The van der Waals surface area contributed by atoms with Crippen molar-refractivity contribution in [3.05, 3.63) is 0 Å². The third-order valence-electron chi connectivity index (χ3n) is 4.29. The van der Waals surface area contributed by atoms with Crippen molar-refractivity contribution in [2.24, 2.45) is 4.99 Å². The fourth-order valence-electron chi connectivity index (χ4n) is 2.88. The molecule has 1 aliphatic rings. The molecule has 130 valence electrons. The van der Waals surface area contributed by atoms with Crippen LogP contribution in [0.15, 0.2) is 4.99 Å². The Morgan fingerprint density at radius 2 is 1.95 bits per heavy atom.